The molecule has 1 saturated heterocycles. The molecule has 0 saturated carbocycles. The number of sulfonamides is 1. The van der Waals surface area contributed by atoms with E-state index < -0.39 is 45.1 Å². The minimum Gasteiger partial charge on any atom is -0.480 e. The van der Waals surface area contributed by atoms with E-state index >= 15 is 0 Å². The molecule has 1 fully saturated rings. The average molecular weight is 339 g/mol. The van der Waals surface area contributed by atoms with E-state index in [2.05, 4.69) is 4.74 Å². The van der Waals surface area contributed by atoms with Gasteiger partial charge in [0.05, 0.1) is 4.90 Å². The smallest absolute Gasteiger partial charge is 0.387 e. The molecule has 0 amide bonds. The molecular weight excluding hydrogens is 327 g/mol. The number of carboxylic acid groups (broad SMARTS) is 1. The fraction of sp³-hybridized carbons (Fsp3) is 0.417. The van der Waals surface area contributed by atoms with Crippen LogP contribution in [0.25, 0.3) is 0 Å². The van der Waals surface area contributed by atoms with Crippen molar-refractivity contribution in [3.05, 3.63) is 24.0 Å². The Labute approximate surface area is 124 Å². The van der Waals surface area contributed by atoms with Crippen molar-refractivity contribution in [1.29, 1.82) is 0 Å². The predicted octanol–water partition coefficient (Wildman–Crippen LogP) is 1.66. The Morgan fingerprint density at radius 2 is 2.09 bits per heavy atom. The monoisotopic (exact) mass is 339 g/mol. The summed E-state index contributed by atoms with van der Waals surface area (Å²) in [5, 5.41) is 9.01. The first kappa shape index (κ1) is 16.6. The number of halogens is 3. The van der Waals surface area contributed by atoms with Crippen LogP contribution in [-0.2, 0) is 14.8 Å². The molecule has 1 N–H and O–H groups in total. The maximum atomic E-state index is 13.6. The second kappa shape index (κ2) is 6.13. The number of aliphatic carboxylic acids is 1. The number of nitrogens with zero attached hydrogens (tertiary/aromatic N) is 1. The molecule has 1 aromatic carbocycles. The molecule has 0 spiro atoms. The van der Waals surface area contributed by atoms with Crippen LogP contribution in [0.4, 0.5) is 13.2 Å². The van der Waals surface area contributed by atoms with Gasteiger partial charge in [-0.2, -0.15) is 13.1 Å². The number of carbonyl (C=O) groups is 1. The predicted molar refractivity (Wildman–Crippen MR) is 67.6 cm³/mol. The minimum atomic E-state index is -4.23. The van der Waals surface area contributed by atoms with Gasteiger partial charge in [-0.25, -0.2) is 12.8 Å². The molecule has 0 aliphatic carbocycles. The zero-order valence-electron chi connectivity index (χ0n) is 11.1. The third-order valence-corrected chi connectivity index (χ3v) is 5.12. The first-order valence-corrected chi connectivity index (χ1v) is 7.66. The fourth-order valence-corrected chi connectivity index (χ4v) is 3.91. The van der Waals surface area contributed by atoms with Gasteiger partial charge in [0.15, 0.2) is 11.6 Å². The summed E-state index contributed by atoms with van der Waals surface area (Å²) in [6.07, 6.45) is 0.523. The summed E-state index contributed by atoms with van der Waals surface area (Å²) in [5.41, 5.74) is 0. The highest BCUT2D eigenvalue weighted by Gasteiger charge is 2.39. The zero-order valence-corrected chi connectivity index (χ0v) is 11.9. The molecule has 1 aromatic rings. The molecule has 0 radical (unpaired) electrons. The van der Waals surface area contributed by atoms with Gasteiger partial charge in [-0.3, -0.25) is 4.79 Å². The quantitative estimate of drug-likeness (QED) is 0.882. The van der Waals surface area contributed by atoms with E-state index in [1.807, 2.05) is 0 Å². The summed E-state index contributed by atoms with van der Waals surface area (Å²) in [6.45, 7) is -3.25. The highest BCUT2D eigenvalue weighted by atomic mass is 32.2. The number of rotatable bonds is 5. The summed E-state index contributed by atoms with van der Waals surface area (Å²) in [5.74, 6) is -3.35. The second-order valence-corrected chi connectivity index (χ2v) is 6.47. The maximum Gasteiger partial charge on any atom is 0.387 e. The third kappa shape index (κ3) is 3.17. The van der Waals surface area contributed by atoms with Crippen molar-refractivity contribution >= 4 is 16.0 Å². The van der Waals surface area contributed by atoms with E-state index in [0.29, 0.717) is 12.5 Å². The molecule has 2 rings (SSSR count). The lowest BCUT2D eigenvalue weighted by Crippen LogP contribution is -2.40. The lowest BCUT2D eigenvalue weighted by molar-refractivity contribution is -0.140. The van der Waals surface area contributed by atoms with Crippen molar-refractivity contribution in [3.63, 3.8) is 0 Å². The molecule has 22 heavy (non-hydrogen) atoms. The lowest BCUT2D eigenvalue weighted by Gasteiger charge is -2.21. The molecule has 0 aromatic heterocycles. The van der Waals surface area contributed by atoms with Crippen LogP contribution in [0.5, 0.6) is 5.75 Å². The topological polar surface area (TPSA) is 83.9 Å². The van der Waals surface area contributed by atoms with E-state index in [9.17, 15) is 26.4 Å². The molecular formula is C12H12F3NO5S. The van der Waals surface area contributed by atoms with Crippen LogP contribution in [-0.4, -0.2) is 43.0 Å². The summed E-state index contributed by atoms with van der Waals surface area (Å²) >= 11 is 0. The van der Waals surface area contributed by atoms with Crippen molar-refractivity contribution in [3.8, 4) is 5.75 Å². The highest BCUT2D eigenvalue weighted by Crippen LogP contribution is 2.29. The third-order valence-electron chi connectivity index (χ3n) is 3.21. The summed E-state index contributed by atoms with van der Waals surface area (Å²) in [7, 11) is -4.23. The van der Waals surface area contributed by atoms with E-state index in [0.717, 1.165) is 16.4 Å². The van der Waals surface area contributed by atoms with Gasteiger partial charge < -0.3 is 9.84 Å². The van der Waals surface area contributed by atoms with Gasteiger partial charge in [0.2, 0.25) is 10.0 Å². The van der Waals surface area contributed by atoms with Crippen LogP contribution < -0.4 is 4.74 Å². The number of hydrogen-bond acceptors (Lipinski definition) is 4. The van der Waals surface area contributed by atoms with Crippen molar-refractivity contribution in [1.82, 2.24) is 4.31 Å². The Hall–Kier alpha value is -1.81. The highest BCUT2D eigenvalue weighted by molar-refractivity contribution is 7.89. The van der Waals surface area contributed by atoms with Crippen LogP contribution in [0.1, 0.15) is 12.8 Å². The van der Waals surface area contributed by atoms with E-state index in [1.165, 1.54) is 0 Å². The molecule has 1 heterocycles. The van der Waals surface area contributed by atoms with Gasteiger partial charge in [0, 0.05) is 6.54 Å². The number of benzene rings is 1. The summed E-state index contributed by atoms with van der Waals surface area (Å²) in [6, 6.07) is 0.975. The summed E-state index contributed by atoms with van der Waals surface area (Å²) in [4.78, 5) is 10.5. The van der Waals surface area contributed by atoms with Crippen LogP contribution >= 0.6 is 0 Å². The molecule has 122 valence electrons. The Balaban J connectivity index is 2.34. The number of ether oxygens (including phenoxy) is 1. The standard InChI is InChI=1S/C12H12F3NO5S/c13-8-6-7(3-4-10(8)21-12(14)15)22(19,20)16-5-1-2-9(16)11(17)18/h3-4,6,9,12H,1-2,5H2,(H,17,18)/t9-/m1/s1. The Morgan fingerprint density at radius 1 is 1.41 bits per heavy atom. The van der Waals surface area contributed by atoms with Crippen LogP contribution in [0.15, 0.2) is 23.1 Å². The summed E-state index contributed by atoms with van der Waals surface area (Å²) < 4.78 is 67.0. The SMILES string of the molecule is O=C(O)[C@H]1CCCN1S(=O)(=O)c1ccc(OC(F)F)c(F)c1. The lowest BCUT2D eigenvalue weighted by atomic mass is 10.2. The Kier molecular flexibility index (Phi) is 4.61. The average Bonchev–Trinajstić information content (AvgIpc) is 2.90. The molecule has 1 aliphatic rings. The largest absolute Gasteiger partial charge is 0.480 e. The maximum absolute atomic E-state index is 13.6. The molecule has 1 atom stereocenters. The van der Waals surface area contributed by atoms with Crippen LogP contribution in [0.3, 0.4) is 0 Å². The van der Waals surface area contributed by atoms with Crippen molar-refractivity contribution in [2.24, 2.45) is 0 Å². The van der Waals surface area contributed by atoms with Gasteiger partial charge in [0.1, 0.15) is 6.04 Å². The second-order valence-electron chi connectivity index (χ2n) is 4.58. The van der Waals surface area contributed by atoms with Gasteiger partial charge in [-0.05, 0) is 31.0 Å². The molecule has 6 nitrogen and oxygen atoms in total. The van der Waals surface area contributed by atoms with Gasteiger partial charge in [-0.15, -0.1) is 0 Å². The van der Waals surface area contributed by atoms with Gasteiger partial charge >= 0.3 is 12.6 Å². The number of carboxylic acids is 1. The zero-order chi connectivity index (χ0) is 16.5. The van der Waals surface area contributed by atoms with E-state index in [1.54, 1.807) is 0 Å². The normalized spacial score (nSPS) is 19.5. The number of hydrogen-bond donors (Lipinski definition) is 1. The Bertz CT molecular complexity index is 679. The van der Waals surface area contributed by atoms with Gasteiger partial charge in [-0.1, -0.05) is 0 Å². The van der Waals surface area contributed by atoms with Crippen molar-refractivity contribution in [2.45, 2.75) is 30.4 Å². The van der Waals surface area contributed by atoms with Crippen molar-refractivity contribution in [2.75, 3.05) is 6.54 Å². The van der Waals surface area contributed by atoms with Crippen LogP contribution in [0.2, 0.25) is 0 Å². The van der Waals surface area contributed by atoms with E-state index in [4.69, 9.17) is 5.11 Å². The first-order chi connectivity index (χ1) is 10.2. The molecule has 1 aliphatic heterocycles. The van der Waals surface area contributed by atoms with Crippen molar-refractivity contribution < 1.29 is 36.2 Å². The Morgan fingerprint density at radius 3 is 2.64 bits per heavy atom. The van der Waals surface area contributed by atoms with E-state index in [-0.39, 0.29) is 13.0 Å². The molecule has 0 bridgehead atoms. The first-order valence-electron chi connectivity index (χ1n) is 6.22. The fourth-order valence-electron chi connectivity index (χ4n) is 2.24. The minimum absolute atomic E-state index is 0.00377. The van der Waals surface area contributed by atoms with Crippen LogP contribution in [0, 0.1) is 5.82 Å². The molecule has 10 heteroatoms. The molecule has 0 unspecified atom stereocenters. The number of alkyl halides is 2. The van der Waals surface area contributed by atoms with Gasteiger partial charge in [0.25, 0.3) is 0 Å².